The molecule has 2 N–H and O–H groups in total. The van der Waals surface area contributed by atoms with Gasteiger partial charge in [0.1, 0.15) is 0 Å². The van der Waals surface area contributed by atoms with Crippen LogP contribution in [0.15, 0.2) is 54.7 Å². The number of rotatable bonds is 8. The molecule has 2 aromatic carbocycles. The van der Waals surface area contributed by atoms with Crippen LogP contribution in [0.25, 0.3) is 10.9 Å². The Morgan fingerprint density at radius 3 is 2.35 bits per heavy atom. The molecule has 1 aromatic heterocycles. The first kappa shape index (κ1) is 18.7. The van der Waals surface area contributed by atoms with Crippen LogP contribution in [0, 0.1) is 6.92 Å². The number of aryl methyl sites for hydroxylation is 1. The predicted octanol–water partition coefficient (Wildman–Crippen LogP) is 5.85. The van der Waals surface area contributed by atoms with Crippen molar-refractivity contribution >= 4 is 24.2 Å². The monoisotopic (exact) mass is 372 g/mol. The Hall–Kier alpha value is -2.07. The molecule has 0 bridgehead atoms. The van der Waals surface area contributed by atoms with E-state index in [4.69, 9.17) is 9.05 Å². The molecule has 6 heteroatoms. The second kappa shape index (κ2) is 8.09. The summed E-state index contributed by atoms with van der Waals surface area (Å²) in [6, 6.07) is 15.9. The van der Waals surface area contributed by atoms with Gasteiger partial charge in [-0.05, 0) is 39.0 Å². The van der Waals surface area contributed by atoms with Crippen LogP contribution in [-0.4, -0.2) is 18.2 Å². The number of para-hydroxylation sites is 1. The lowest BCUT2D eigenvalue weighted by molar-refractivity contribution is 0.214. The van der Waals surface area contributed by atoms with E-state index in [-0.39, 0.29) is 0 Å². The van der Waals surface area contributed by atoms with Crippen LogP contribution in [0.2, 0.25) is 0 Å². The first-order valence-electron chi connectivity index (χ1n) is 8.85. The van der Waals surface area contributed by atoms with E-state index in [0.29, 0.717) is 13.2 Å². The van der Waals surface area contributed by atoms with Gasteiger partial charge in [0.25, 0.3) is 0 Å². The molecular weight excluding hydrogens is 347 g/mol. The van der Waals surface area contributed by atoms with Crippen molar-refractivity contribution in [3.8, 4) is 0 Å². The second-order valence-corrected chi connectivity index (χ2v) is 8.19. The SMILES string of the molecule is CCOP(=O)(OCC)[C@@H](Nc1ccc(C)cc1)c1c[nH]c2ccccc12. The van der Waals surface area contributed by atoms with E-state index >= 15 is 0 Å². The van der Waals surface area contributed by atoms with Crippen LogP contribution in [0.5, 0.6) is 0 Å². The fourth-order valence-electron chi connectivity index (χ4n) is 3.00. The molecule has 1 heterocycles. The molecule has 0 radical (unpaired) electrons. The molecule has 0 aliphatic heterocycles. The number of aromatic nitrogens is 1. The Kier molecular flexibility index (Phi) is 5.82. The van der Waals surface area contributed by atoms with Gasteiger partial charge in [-0.1, -0.05) is 35.9 Å². The highest BCUT2D eigenvalue weighted by atomic mass is 31.2. The van der Waals surface area contributed by atoms with Crippen molar-refractivity contribution in [1.82, 2.24) is 4.98 Å². The summed E-state index contributed by atoms with van der Waals surface area (Å²) in [4.78, 5) is 3.25. The Bertz CT molecular complexity index is 895. The van der Waals surface area contributed by atoms with E-state index in [0.717, 1.165) is 27.7 Å². The molecule has 138 valence electrons. The zero-order valence-electron chi connectivity index (χ0n) is 15.4. The van der Waals surface area contributed by atoms with E-state index in [2.05, 4.69) is 10.3 Å². The summed E-state index contributed by atoms with van der Waals surface area (Å²) in [7, 11) is -3.43. The minimum absolute atomic E-state index is 0.311. The maximum Gasteiger partial charge on any atom is 0.357 e. The van der Waals surface area contributed by atoms with Crippen molar-refractivity contribution in [3.63, 3.8) is 0 Å². The maximum atomic E-state index is 13.6. The molecule has 26 heavy (non-hydrogen) atoms. The Balaban J connectivity index is 2.08. The number of hydrogen-bond donors (Lipinski definition) is 2. The van der Waals surface area contributed by atoms with Gasteiger partial charge in [-0.3, -0.25) is 4.57 Å². The highest BCUT2D eigenvalue weighted by Gasteiger charge is 2.38. The topological polar surface area (TPSA) is 63.4 Å². The summed E-state index contributed by atoms with van der Waals surface area (Å²) in [5.41, 5.74) is 3.88. The lowest BCUT2D eigenvalue weighted by Gasteiger charge is -2.28. The number of nitrogens with one attached hydrogen (secondary N) is 2. The van der Waals surface area contributed by atoms with Gasteiger partial charge in [0.15, 0.2) is 5.78 Å². The number of aromatic amines is 1. The average molecular weight is 372 g/mol. The highest BCUT2D eigenvalue weighted by molar-refractivity contribution is 7.54. The lowest BCUT2D eigenvalue weighted by Crippen LogP contribution is -2.15. The van der Waals surface area contributed by atoms with E-state index in [1.807, 2.05) is 75.5 Å². The van der Waals surface area contributed by atoms with Crippen molar-refractivity contribution in [1.29, 1.82) is 0 Å². The minimum atomic E-state index is -3.43. The van der Waals surface area contributed by atoms with Crippen LogP contribution in [0.4, 0.5) is 5.69 Å². The second-order valence-electron chi connectivity index (χ2n) is 6.08. The third-order valence-corrected chi connectivity index (χ3v) is 6.48. The summed E-state index contributed by atoms with van der Waals surface area (Å²) in [6.07, 6.45) is 1.88. The first-order valence-corrected chi connectivity index (χ1v) is 10.5. The molecule has 0 saturated carbocycles. The number of benzene rings is 2. The average Bonchev–Trinajstić information content (AvgIpc) is 3.05. The van der Waals surface area contributed by atoms with Crippen LogP contribution in [-0.2, 0) is 13.6 Å². The Morgan fingerprint density at radius 2 is 1.69 bits per heavy atom. The Morgan fingerprint density at radius 1 is 1.04 bits per heavy atom. The predicted molar refractivity (Wildman–Crippen MR) is 107 cm³/mol. The molecule has 0 unspecified atom stereocenters. The van der Waals surface area contributed by atoms with Gasteiger partial charge in [-0.2, -0.15) is 0 Å². The number of fused-ring (bicyclic) bond motifs is 1. The third-order valence-electron chi connectivity index (χ3n) is 4.21. The quantitative estimate of drug-likeness (QED) is 0.487. The molecule has 3 rings (SSSR count). The van der Waals surface area contributed by atoms with Crippen molar-refractivity contribution in [2.75, 3.05) is 18.5 Å². The van der Waals surface area contributed by atoms with Gasteiger partial charge in [0.2, 0.25) is 0 Å². The molecule has 1 atom stereocenters. The van der Waals surface area contributed by atoms with Crippen molar-refractivity contribution < 1.29 is 13.6 Å². The lowest BCUT2D eigenvalue weighted by atomic mass is 10.1. The van der Waals surface area contributed by atoms with E-state index in [1.165, 1.54) is 0 Å². The molecule has 0 spiro atoms. The fourth-order valence-corrected chi connectivity index (χ4v) is 4.96. The standard InChI is InChI=1S/C20H25N2O3P/c1-4-24-26(23,25-5-2)20(22-16-12-10-15(3)11-13-16)18-14-21-19-9-7-6-8-17(18)19/h6-14,20-22H,4-5H2,1-3H3/t20-/m1/s1. The Labute approximate surface area is 154 Å². The van der Waals surface area contributed by atoms with Gasteiger partial charge in [-0.25, -0.2) is 0 Å². The summed E-state index contributed by atoms with van der Waals surface area (Å²) in [6.45, 7) is 6.30. The molecule has 0 fully saturated rings. The van der Waals surface area contributed by atoms with Crippen LogP contribution < -0.4 is 5.32 Å². The van der Waals surface area contributed by atoms with E-state index in [1.54, 1.807) is 0 Å². The third kappa shape index (κ3) is 3.85. The van der Waals surface area contributed by atoms with Gasteiger partial charge in [0, 0.05) is 28.4 Å². The summed E-state index contributed by atoms with van der Waals surface area (Å²) in [5, 5.41) is 4.37. The largest absolute Gasteiger partial charge is 0.368 e. The summed E-state index contributed by atoms with van der Waals surface area (Å²) >= 11 is 0. The maximum absolute atomic E-state index is 13.6. The van der Waals surface area contributed by atoms with Crippen molar-refractivity contribution in [2.24, 2.45) is 0 Å². The first-order chi connectivity index (χ1) is 12.6. The normalized spacial score (nSPS) is 13.0. The van der Waals surface area contributed by atoms with Crippen LogP contribution in [0.3, 0.4) is 0 Å². The van der Waals surface area contributed by atoms with E-state index < -0.39 is 13.4 Å². The van der Waals surface area contributed by atoms with E-state index in [9.17, 15) is 4.57 Å². The molecule has 5 nitrogen and oxygen atoms in total. The number of hydrogen-bond acceptors (Lipinski definition) is 4. The molecular formula is C20H25N2O3P. The smallest absolute Gasteiger partial charge is 0.357 e. The molecule has 3 aromatic rings. The number of anilines is 1. The number of H-pyrrole nitrogens is 1. The molecule has 0 aliphatic rings. The molecule has 0 aliphatic carbocycles. The van der Waals surface area contributed by atoms with Crippen molar-refractivity contribution in [2.45, 2.75) is 26.6 Å². The van der Waals surface area contributed by atoms with Gasteiger partial charge >= 0.3 is 7.60 Å². The summed E-state index contributed by atoms with van der Waals surface area (Å²) < 4.78 is 24.9. The van der Waals surface area contributed by atoms with Crippen LogP contribution >= 0.6 is 7.60 Å². The van der Waals surface area contributed by atoms with Crippen molar-refractivity contribution in [3.05, 3.63) is 65.9 Å². The molecule has 0 amide bonds. The zero-order chi connectivity index (χ0) is 18.6. The highest BCUT2D eigenvalue weighted by Crippen LogP contribution is 2.61. The van der Waals surface area contributed by atoms with Gasteiger partial charge < -0.3 is 19.3 Å². The van der Waals surface area contributed by atoms with Gasteiger partial charge in [-0.15, -0.1) is 0 Å². The fraction of sp³-hybridized carbons (Fsp3) is 0.300. The van der Waals surface area contributed by atoms with Gasteiger partial charge in [0.05, 0.1) is 13.2 Å². The summed E-state index contributed by atoms with van der Waals surface area (Å²) in [5.74, 6) is -0.610. The van der Waals surface area contributed by atoms with Crippen LogP contribution in [0.1, 0.15) is 30.8 Å². The minimum Gasteiger partial charge on any atom is -0.368 e. The zero-order valence-corrected chi connectivity index (χ0v) is 16.3. The molecule has 0 saturated heterocycles.